The second-order valence-corrected chi connectivity index (χ2v) is 6.81. The maximum absolute atomic E-state index is 3.94. The number of hydrogen-bond acceptors (Lipinski definition) is 1. The van der Waals surface area contributed by atoms with Gasteiger partial charge in [0.05, 0.1) is 0 Å². The lowest BCUT2D eigenvalue weighted by atomic mass is 9.78. The lowest BCUT2D eigenvalue weighted by Gasteiger charge is -2.34. The van der Waals surface area contributed by atoms with Gasteiger partial charge in [0.2, 0.25) is 0 Å². The molecular weight excluding hydrogens is 254 g/mol. The first-order valence-corrected chi connectivity index (χ1v) is 9.72. The van der Waals surface area contributed by atoms with Gasteiger partial charge in [0.1, 0.15) is 0 Å². The van der Waals surface area contributed by atoms with Gasteiger partial charge >= 0.3 is 0 Å². The summed E-state index contributed by atoms with van der Waals surface area (Å²) in [6.45, 7) is 10.5. The highest BCUT2D eigenvalue weighted by molar-refractivity contribution is 5.21. The molecule has 1 nitrogen and oxygen atoms in total. The van der Waals surface area contributed by atoms with Crippen LogP contribution in [0.2, 0.25) is 0 Å². The van der Waals surface area contributed by atoms with E-state index in [1.165, 1.54) is 77.2 Å². The Bertz CT molecular complexity index is 286. The van der Waals surface area contributed by atoms with Crippen molar-refractivity contribution in [3.8, 4) is 0 Å². The molecule has 0 saturated heterocycles. The quantitative estimate of drug-likeness (QED) is 0.470. The molecule has 1 aliphatic carbocycles. The number of allylic oxidation sites excluding steroid dienone is 1. The molecule has 0 heterocycles. The summed E-state index contributed by atoms with van der Waals surface area (Å²) in [7, 11) is 0. The topological polar surface area (TPSA) is 12.0 Å². The Kier molecular flexibility index (Phi) is 10.1. The van der Waals surface area contributed by atoms with Crippen LogP contribution < -0.4 is 5.32 Å². The first kappa shape index (κ1) is 18.7. The molecule has 1 N–H and O–H groups in total. The van der Waals surface area contributed by atoms with E-state index in [1.807, 2.05) is 0 Å². The third-order valence-electron chi connectivity index (χ3n) is 5.06. The summed E-state index contributed by atoms with van der Waals surface area (Å²) < 4.78 is 0. The Morgan fingerprint density at radius 1 is 0.905 bits per heavy atom. The second kappa shape index (κ2) is 11.3. The minimum absolute atomic E-state index is 0.673. The van der Waals surface area contributed by atoms with Crippen LogP contribution in [0.15, 0.2) is 11.1 Å². The zero-order valence-corrected chi connectivity index (χ0v) is 15.1. The van der Waals surface area contributed by atoms with Crippen molar-refractivity contribution in [3.05, 3.63) is 11.1 Å². The molecule has 0 aromatic heterocycles. The highest BCUT2D eigenvalue weighted by atomic mass is 14.9. The van der Waals surface area contributed by atoms with Gasteiger partial charge in [-0.1, -0.05) is 70.9 Å². The summed E-state index contributed by atoms with van der Waals surface area (Å²) in [4.78, 5) is 0. The Balaban J connectivity index is 2.96. The van der Waals surface area contributed by atoms with Crippen LogP contribution in [0.4, 0.5) is 0 Å². The Hall–Kier alpha value is -0.300. The molecule has 0 aromatic carbocycles. The van der Waals surface area contributed by atoms with Gasteiger partial charge in [-0.15, -0.1) is 0 Å². The van der Waals surface area contributed by atoms with Crippen LogP contribution in [0, 0.1) is 5.92 Å². The SMILES string of the molecule is CCCNC(/C(CCC)=C(\CC)CCC)C1CCCCC1. The molecule has 1 fully saturated rings. The minimum Gasteiger partial charge on any atom is -0.310 e. The normalized spacial score (nSPS) is 19.4. The van der Waals surface area contributed by atoms with Crippen molar-refractivity contribution in [2.24, 2.45) is 5.92 Å². The third kappa shape index (κ3) is 6.14. The molecule has 0 spiro atoms. The molecule has 1 heteroatoms. The van der Waals surface area contributed by atoms with E-state index in [2.05, 4.69) is 33.0 Å². The largest absolute Gasteiger partial charge is 0.310 e. The van der Waals surface area contributed by atoms with Crippen LogP contribution in [0.3, 0.4) is 0 Å². The Morgan fingerprint density at radius 3 is 2.10 bits per heavy atom. The van der Waals surface area contributed by atoms with E-state index in [1.54, 1.807) is 11.1 Å². The molecule has 0 bridgehead atoms. The van der Waals surface area contributed by atoms with Crippen molar-refractivity contribution in [2.75, 3.05) is 6.54 Å². The molecular formula is C20H39N. The highest BCUT2D eigenvalue weighted by Crippen LogP contribution is 2.33. The number of hydrogen-bond donors (Lipinski definition) is 1. The van der Waals surface area contributed by atoms with Crippen LogP contribution in [-0.4, -0.2) is 12.6 Å². The van der Waals surface area contributed by atoms with Crippen molar-refractivity contribution in [1.82, 2.24) is 5.32 Å². The van der Waals surface area contributed by atoms with Gasteiger partial charge in [0.15, 0.2) is 0 Å². The van der Waals surface area contributed by atoms with Gasteiger partial charge in [0, 0.05) is 6.04 Å². The zero-order chi connectivity index (χ0) is 15.5. The van der Waals surface area contributed by atoms with Gasteiger partial charge in [-0.25, -0.2) is 0 Å². The van der Waals surface area contributed by atoms with Crippen LogP contribution in [0.5, 0.6) is 0 Å². The fourth-order valence-electron chi connectivity index (χ4n) is 4.03. The monoisotopic (exact) mass is 293 g/mol. The first-order valence-electron chi connectivity index (χ1n) is 9.72. The average Bonchev–Trinajstić information content (AvgIpc) is 2.53. The first-order chi connectivity index (χ1) is 10.3. The predicted octanol–water partition coefficient (Wildman–Crippen LogP) is 6.24. The molecule has 0 aromatic rings. The Labute approximate surface area is 134 Å². The van der Waals surface area contributed by atoms with Crippen LogP contribution in [-0.2, 0) is 0 Å². The summed E-state index contributed by atoms with van der Waals surface area (Å²) in [5.74, 6) is 0.894. The summed E-state index contributed by atoms with van der Waals surface area (Å²) in [5, 5.41) is 3.94. The molecule has 0 radical (unpaired) electrons. The van der Waals surface area contributed by atoms with E-state index in [9.17, 15) is 0 Å². The lowest BCUT2D eigenvalue weighted by Crippen LogP contribution is -2.40. The standard InChI is InChI=1S/C20H39N/c1-5-12-17(8-4)19(13-6-2)20(21-16-7-3)18-14-10-9-11-15-18/h18,20-21H,5-16H2,1-4H3/b19-17+. The minimum atomic E-state index is 0.673. The molecule has 1 saturated carbocycles. The van der Waals surface area contributed by atoms with Crippen molar-refractivity contribution >= 4 is 0 Å². The Morgan fingerprint density at radius 2 is 1.57 bits per heavy atom. The molecule has 1 rings (SSSR count). The predicted molar refractivity (Wildman–Crippen MR) is 95.8 cm³/mol. The fraction of sp³-hybridized carbons (Fsp3) is 0.900. The van der Waals surface area contributed by atoms with Gasteiger partial charge in [-0.2, -0.15) is 0 Å². The van der Waals surface area contributed by atoms with E-state index in [-0.39, 0.29) is 0 Å². The van der Waals surface area contributed by atoms with E-state index < -0.39 is 0 Å². The lowest BCUT2D eigenvalue weighted by molar-refractivity contribution is 0.287. The summed E-state index contributed by atoms with van der Waals surface area (Å²) in [6.07, 6.45) is 14.9. The van der Waals surface area contributed by atoms with E-state index >= 15 is 0 Å². The number of rotatable bonds is 10. The molecule has 0 amide bonds. The summed E-state index contributed by atoms with van der Waals surface area (Å²) >= 11 is 0. The summed E-state index contributed by atoms with van der Waals surface area (Å²) in [5.41, 5.74) is 3.56. The fourth-order valence-corrected chi connectivity index (χ4v) is 4.03. The second-order valence-electron chi connectivity index (χ2n) is 6.81. The third-order valence-corrected chi connectivity index (χ3v) is 5.06. The molecule has 1 unspecified atom stereocenters. The highest BCUT2D eigenvalue weighted by Gasteiger charge is 2.27. The van der Waals surface area contributed by atoms with Crippen LogP contribution >= 0.6 is 0 Å². The van der Waals surface area contributed by atoms with Gasteiger partial charge < -0.3 is 5.32 Å². The number of nitrogens with one attached hydrogen (secondary N) is 1. The molecule has 21 heavy (non-hydrogen) atoms. The van der Waals surface area contributed by atoms with Gasteiger partial charge in [0.25, 0.3) is 0 Å². The van der Waals surface area contributed by atoms with Gasteiger partial charge in [-0.05, 0) is 51.0 Å². The summed E-state index contributed by atoms with van der Waals surface area (Å²) in [6, 6.07) is 0.673. The van der Waals surface area contributed by atoms with Crippen molar-refractivity contribution in [1.29, 1.82) is 0 Å². The zero-order valence-electron chi connectivity index (χ0n) is 15.1. The smallest absolute Gasteiger partial charge is 0.0310 e. The maximum Gasteiger partial charge on any atom is 0.0310 e. The van der Waals surface area contributed by atoms with Crippen LogP contribution in [0.1, 0.15) is 98.3 Å². The maximum atomic E-state index is 3.94. The van der Waals surface area contributed by atoms with Crippen molar-refractivity contribution in [3.63, 3.8) is 0 Å². The van der Waals surface area contributed by atoms with E-state index in [0.717, 1.165) is 5.92 Å². The van der Waals surface area contributed by atoms with E-state index in [4.69, 9.17) is 0 Å². The van der Waals surface area contributed by atoms with Crippen molar-refractivity contribution in [2.45, 2.75) is 104 Å². The molecule has 1 atom stereocenters. The molecule has 124 valence electrons. The van der Waals surface area contributed by atoms with Crippen LogP contribution in [0.25, 0.3) is 0 Å². The van der Waals surface area contributed by atoms with E-state index in [0.29, 0.717) is 6.04 Å². The average molecular weight is 294 g/mol. The van der Waals surface area contributed by atoms with Crippen molar-refractivity contribution < 1.29 is 0 Å². The molecule has 1 aliphatic rings. The van der Waals surface area contributed by atoms with Gasteiger partial charge in [-0.3, -0.25) is 0 Å². The molecule has 0 aliphatic heterocycles.